The van der Waals surface area contributed by atoms with Crippen LogP contribution in [-0.2, 0) is 6.54 Å². The molecule has 0 saturated heterocycles. The van der Waals surface area contributed by atoms with Crippen molar-refractivity contribution >= 4 is 5.91 Å². The molecule has 118 valence electrons. The number of amides is 1. The predicted molar refractivity (Wildman–Crippen MR) is 84.8 cm³/mol. The summed E-state index contributed by atoms with van der Waals surface area (Å²) in [6.07, 6.45) is 2.40. The summed E-state index contributed by atoms with van der Waals surface area (Å²) in [5.41, 5.74) is 8.81. The SMILES string of the molecule is Cc1ccc(C(=O)NCc2nc[nH]c2C)cc1OCCCN. The molecule has 2 aromatic rings. The van der Waals surface area contributed by atoms with E-state index < -0.39 is 0 Å². The highest BCUT2D eigenvalue weighted by Gasteiger charge is 2.10. The second-order valence-corrected chi connectivity index (χ2v) is 5.13. The third-order valence-corrected chi connectivity index (χ3v) is 3.41. The van der Waals surface area contributed by atoms with Gasteiger partial charge in [0.15, 0.2) is 0 Å². The van der Waals surface area contributed by atoms with Gasteiger partial charge < -0.3 is 20.8 Å². The Bertz CT molecular complexity index is 637. The number of rotatable bonds is 7. The molecule has 0 radical (unpaired) electrons. The second-order valence-electron chi connectivity index (χ2n) is 5.13. The van der Waals surface area contributed by atoms with Crippen molar-refractivity contribution in [2.24, 2.45) is 5.73 Å². The Morgan fingerprint density at radius 2 is 2.23 bits per heavy atom. The molecule has 6 heteroatoms. The zero-order valence-electron chi connectivity index (χ0n) is 13.0. The van der Waals surface area contributed by atoms with Crippen LogP contribution in [0.1, 0.15) is 33.7 Å². The minimum Gasteiger partial charge on any atom is -0.493 e. The maximum absolute atomic E-state index is 12.2. The molecule has 1 aromatic carbocycles. The summed E-state index contributed by atoms with van der Waals surface area (Å²) in [6.45, 7) is 5.40. The number of H-pyrrole nitrogens is 1. The number of hydrogen-bond acceptors (Lipinski definition) is 4. The standard InChI is InChI=1S/C16H22N4O2/c1-11-4-5-13(8-15(11)22-7-3-6-17)16(21)18-9-14-12(2)19-10-20-14/h4-5,8,10H,3,6-7,9,17H2,1-2H3,(H,18,21)(H,19,20). The van der Waals surface area contributed by atoms with Crippen molar-refractivity contribution < 1.29 is 9.53 Å². The van der Waals surface area contributed by atoms with E-state index in [-0.39, 0.29) is 5.91 Å². The fraction of sp³-hybridized carbons (Fsp3) is 0.375. The highest BCUT2D eigenvalue weighted by molar-refractivity contribution is 5.94. The fourth-order valence-electron chi connectivity index (χ4n) is 1.99. The Hall–Kier alpha value is -2.34. The van der Waals surface area contributed by atoms with Crippen LogP contribution >= 0.6 is 0 Å². The van der Waals surface area contributed by atoms with Crippen molar-refractivity contribution in [2.45, 2.75) is 26.8 Å². The van der Waals surface area contributed by atoms with Crippen molar-refractivity contribution in [3.8, 4) is 5.75 Å². The van der Waals surface area contributed by atoms with Gasteiger partial charge in [-0.3, -0.25) is 4.79 Å². The maximum atomic E-state index is 12.2. The van der Waals surface area contributed by atoms with E-state index in [0.29, 0.717) is 25.3 Å². The lowest BCUT2D eigenvalue weighted by molar-refractivity contribution is 0.0950. The van der Waals surface area contributed by atoms with Gasteiger partial charge in [-0.2, -0.15) is 0 Å². The molecule has 6 nitrogen and oxygen atoms in total. The Labute approximate surface area is 130 Å². The van der Waals surface area contributed by atoms with Crippen molar-refractivity contribution in [3.63, 3.8) is 0 Å². The average Bonchev–Trinajstić information content (AvgIpc) is 2.92. The first-order valence-corrected chi connectivity index (χ1v) is 7.32. The van der Waals surface area contributed by atoms with Crippen LogP contribution in [-0.4, -0.2) is 29.0 Å². The number of ether oxygens (including phenoxy) is 1. The summed E-state index contributed by atoms with van der Waals surface area (Å²) in [4.78, 5) is 19.4. The number of aryl methyl sites for hydroxylation is 2. The molecule has 4 N–H and O–H groups in total. The van der Waals surface area contributed by atoms with E-state index in [1.807, 2.05) is 19.9 Å². The van der Waals surface area contributed by atoms with E-state index >= 15 is 0 Å². The van der Waals surface area contributed by atoms with Crippen LogP contribution in [0, 0.1) is 13.8 Å². The maximum Gasteiger partial charge on any atom is 0.251 e. The zero-order valence-corrected chi connectivity index (χ0v) is 13.0. The lowest BCUT2D eigenvalue weighted by atomic mass is 10.1. The number of aromatic amines is 1. The molecule has 0 bridgehead atoms. The molecule has 0 aliphatic heterocycles. The number of carbonyl (C=O) groups excluding carboxylic acids is 1. The van der Waals surface area contributed by atoms with Gasteiger partial charge in [-0.1, -0.05) is 6.07 Å². The van der Waals surface area contributed by atoms with Crippen LogP contribution in [0.2, 0.25) is 0 Å². The number of nitrogens with zero attached hydrogens (tertiary/aromatic N) is 1. The summed E-state index contributed by atoms with van der Waals surface area (Å²) in [7, 11) is 0. The lowest BCUT2D eigenvalue weighted by Gasteiger charge is -2.11. The van der Waals surface area contributed by atoms with Crippen molar-refractivity contribution in [1.29, 1.82) is 0 Å². The third kappa shape index (κ3) is 4.08. The summed E-state index contributed by atoms with van der Waals surface area (Å²) < 4.78 is 5.66. The summed E-state index contributed by atoms with van der Waals surface area (Å²) >= 11 is 0. The Morgan fingerprint density at radius 1 is 1.41 bits per heavy atom. The highest BCUT2D eigenvalue weighted by Crippen LogP contribution is 2.20. The highest BCUT2D eigenvalue weighted by atomic mass is 16.5. The molecule has 0 atom stereocenters. The second kappa shape index (κ2) is 7.61. The Balaban J connectivity index is 2.00. The molecule has 22 heavy (non-hydrogen) atoms. The summed E-state index contributed by atoms with van der Waals surface area (Å²) in [6, 6.07) is 5.43. The summed E-state index contributed by atoms with van der Waals surface area (Å²) in [5, 5.41) is 2.86. The molecule has 0 aliphatic carbocycles. The molecule has 1 aromatic heterocycles. The van der Waals surface area contributed by atoms with Crippen LogP contribution in [0.25, 0.3) is 0 Å². The van der Waals surface area contributed by atoms with Crippen LogP contribution in [0.5, 0.6) is 5.75 Å². The number of hydrogen-bond donors (Lipinski definition) is 3. The van der Waals surface area contributed by atoms with Crippen LogP contribution in [0.4, 0.5) is 0 Å². The number of aromatic nitrogens is 2. The van der Waals surface area contributed by atoms with Gasteiger partial charge in [0.25, 0.3) is 5.91 Å². The quantitative estimate of drug-likeness (QED) is 0.678. The van der Waals surface area contributed by atoms with E-state index in [2.05, 4.69) is 15.3 Å². The van der Waals surface area contributed by atoms with E-state index in [1.54, 1.807) is 18.5 Å². The van der Waals surface area contributed by atoms with Gasteiger partial charge >= 0.3 is 0 Å². The average molecular weight is 302 g/mol. The monoisotopic (exact) mass is 302 g/mol. The molecule has 0 spiro atoms. The Morgan fingerprint density at radius 3 is 2.91 bits per heavy atom. The van der Waals surface area contributed by atoms with Gasteiger partial charge in [0, 0.05) is 11.3 Å². The lowest BCUT2D eigenvalue weighted by Crippen LogP contribution is -2.23. The topological polar surface area (TPSA) is 93.0 Å². The zero-order chi connectivity index (χ0) is 15.9. The molecule has 1 heterocycles. The first-order valence-electron chi connectivity index (χ1n) is 7.32. The van der Waals surface area contributed by atoms with Gasteiger partial charge in [0.05, 0.1) is 25.2 Å². The van der Waals surface area contributed by atoms with Crippen molar-refractivity contribution in [1.82, 2.24) is 15.3 Å². The predicted octanol–water partition coefficient (Wildman–Crippen LogP) is 1.68. The van der Waals surface area contributed by atoms with Gasteiger partial charge in [-0.05, 0) is 44.5 Å². The molecule has 2 rings (SSSR count). The molecule has 1 amide bonds. The van der Waals surface area contributed by atoms with Crippen molar-refractivity contribution in [2.75, 3.05) is 13.2 Å². The molecular weight excluding hydrogens is 280 g/mol. The smallest absolute Gasteiger partial charge is 0.251 e. The van der Waals surface area contributed by atoms with E-state index in [4.69, 9.17) is 10.5 Å². The van der Waals surface area contributed by atoms with Gasteiger partial charge in [-0.25, -0.2) is 4.98 Å². The van der Waals surface area contributed by atoms with E-state index in [0.717, 1.165) is 29.1 Å². The normalized spacial score (nSPS) is 10.5. The molecule has 0 saturated carbocycles. The number of benzene rings is 1. The number of nitrogens with one attached hydrogen (secondary N) is 2. The number of imidazole rings is 1. The molecule has 0 fully saturated rings. The number of carbonyl (C=O) groups is 1. The summed E-state index contributed by atoms with van der Waals surface area (Å²) in [5.74, 6) is 0.572. The van der Waals surface area contributed by atoms with Gasteiger partial charge in [0.1, 0.15) is 5.75 Å². The first kappa shape index (κ1) is 16.0. The van der Waals surface area contributed by atoms with E-state index in [1.165, 1.54) is 0 Å². The molecular formula is C16H22N4O2. The van der Waals surface area contributed by atoms with Gasteiger partial charge in [-0.15, -0.1) is 0 Å². The molecule has 0 unspecified atom stereocenters. The Kier molecular flexibility index (Phi) is 5.55. The van der Waals surface area contributed by atoms with Crippen LogP contribution in [0.3, 0.4) is 0 Å². The van der Waals surface area contributed by atoms with Crippen molar-refractivity contribution in [3.05, 3.63) is 47.0 Å². The van der Waals surface area contributed by atoms with Crippen LogP contribution < -0.4 is 15.8 Å². The minimum atomic E-state index is -0.147. The van der Waals surface area contributed by atoms with E-state index in [9.17, 15) is 4.79 Å². The number of nitrogens with two attached hydrogens (primary N) is 1. The van der Waals surface area contributed by atoms with Crippen LogP contribution in [0.15, 0.2) is 24.5 Å². The third-order valence-electron chi connectivity index (χ3n) is 3.41. The fourth-order valence-corrected chi connectivity index (χ4v) is 1.99. The minimum absolute atomic E-state index is 0.147. The largest absolute Gasteiger partial charge is 0.493 e. The first-order chi connectivity index (χ1) is 10.6. The van der Waals surface area contributed by atoms with Gasteiger partial charge in [0.2, 0.25) is 0 Å². The molecule has 0 aliphatic rings.